The molecule has 0 saturated carbocycles. The lowest BCUT2D eigenvalue weighted by Crippen LogP contribution is -2.51. The smallest absolute Gasteiger partial charge is 0.325 e. The number of hydrogen-bond acceptors (Lipinski definition) is 3. The fourth-order valence-electron chi connectivity index (χ4n) is 4.10. The summed E-state index contributed by atoms with van der Waals surface area (Å²) in [6, 6.07) is 16.0. The lowest BCUT2D eigenvalue weighted by Gasteiger charge is -2.37. The average molecular weight is 393 g/mol. The quantitative estimate of drug-likeness (QED) is 0.804. The van der Waals surface area contributed by atoms with Gasteiger partial charge in [0.25, 0.3) is 0 Å². The molecule has 6 nitrogen and oxygen atoms in total. The highest BCUT2D eigenvalue weighted by Crippen LogP contribution is 2.23. The molecule has 29 heavy (non-hydrogen) atoms. The van der Waals surface area contributed by atoms with E-state index in [1.807, 2.05) is 35.2 Å². The number of aryl methyl sites for hydroxylation is 2. The minimum atomic E-state index is -0.0847. The van der Waals surface area contributed by atoms with Gasteiger partial charge in [0.2, 0.25) is 5.91 Å². The van der Waals surface area contributed by atoms with E-state index in [1.54, 1.807) is 9.80 Å². The van der Waals surface area contributed by atoms with Gasteiger partial charge in [0, 0.05) is 50.6 Å². The molecule has 0 bridgehead atoms. The van der Waals surface area contributed by atoms with Crippen molar-refractivity contribution in [2.24, 2.45) is 0 Å². The van der Waals surface area contributed by atoms with Crippen LogP contribution in [0.4, 0.5) is 16.2 Å². The van der Waals surface area contributed by atoms with Crippen molar-refractivity contribution < 1.29 is 9.59 Å². The first kappa shape index (κ1) is 19.3. The Balaban J connectivity index is 1.32. The molecule has 2 saturated heterocycles. The highest BCUT2D eigenvalue weighted by atomic mass is 16.2. The van der Waals surface area contributed by atoms with Crippen molar-refractivity contribution in [1.82, 2.24) is 9.80 Å². The summed E-state index contributed by atoms with van der Waals surface area (Å²) in [5.41, 5.74) is 4.65. The maximum atomic E-state index is 12.8. The summed E-state index contributed by atoms with van der Waals surface area (Å²) in [7, 11) is 0. The third-order valence-corrected chi connectivity index (χ3v) is 5.83. The van der Waals surface area contributed by atoms with Crippen molar-refractivity contribution in [1.29, 1.82) is 0 Å². The van der Waals surface area contributed by atoms with Gasteiger partial charge >= 0.3 is 6.03 Å². The molecule has 3 amide bonds. The molecule has 0 unspecified atom stereocenters. The summed E-state index contributed by atoms with van der Waals surface area (Å²) < 4.78 is 0. The van der Waals surface area contributed by atoms with Crippen molar-refractivity contribution in [3.05, 3.63) is 59.7 Å². The monoisotopic (exact) mass is 392 g/mol. The first-order chi connectivity index (χ1) is 14.0. The van der Waals surface area contributed by atoms with Gasteiger partial charge in [-0.15, -0.1) is 0 Å². The Hall–Kier alpha value is -3.02. The second-order valence-corrected chi connectivity index (χ2v) is 7.85. The van der Waals surface area contributed by atoms with Crippen molar-refractivity contribution in [2.45, 2.75) is 13.8 Å². The molecule has 0 atom stereocenters. The van der Waals surface area contributed by atoms with Crippen LogP contribution < -0.4 is 9.80 Å². The van der Waals surface area contributed by atoms with Gasteiger partial charge in [0.15, 0.2) is 0 Å². The molecule has 6 heteroatoms. The van der Waals surface area contributed by atoms with Crippen LogP contribution in [0.25, 0.3) is 0 Å². The largest absolute Gasteiger partial charge is 0.368 e. The summed E-state index contributed by atoms with van der Waals surface area (Å²) >= 11 is 0. The summed E-state index contributed by atoms with van der Waals surface area (Å²) in [6.07, 6.45) is 0. The number of rotatable bonds is 4. The van der Waals surface area contributed by atoms with Crippen LogP contribution in [0.5, 0.6) is 0 Å². The molecule has 0 aromatic heterocycles. The van der Waals surface area contributed by atoms with Crippen LogP contribution in [0.15, 0.2) is 48.5 Å². The van der Waals surface area contributed by atoms with Gasteiger partial charge in [-0.1, -0.05) is 30.3 Å². The number of urea groups is 1. The van der Waals surface area contributed by atoms with Crippen LogP contribution in [0, 0.1) is 13.8 Å². The first-order valence-corrected chi connectivity index (χ1v) is 10.2. The second-order valence-electron chi connectivity index (χ2n) is 7.85. The number of carbonyl (C=O) groups excluding carboxylic acids is 2. The van der Waals surface area contributed by atoms with Crippen molar-refractivity contribution in [3.63, 3.8) is 0 Å². The molecule has 2 fully saturated rings. The molecular formula is C23H28N4O2. The molecule has 2 aromatic carbocycles. The van der Waals surface area contributed by atoms with Crippen molar-refractivity contribution in [3.8, 4) is 0 Å². The molecule has 2 aliphatic rings. The summed E-state index contributed by atoms with van der Waals surface area (Å²) in [6.45, 7) is 8.62. The van der Waals surface area contributed by atoms with Gasteiger partial charge in [-0.2, -0.15) is 0 Å². The molecule has 2 heterocycles. The maximum Gasteiger partial charge on any atom is 0.325 e. The number of benzene rings is 2. The third kappa shape index (κ3) is 4.06. The summed E-state index contributed by atoms with van der Waals surface area (Å²) in [5.74, 6) is 0.0360. The number of carbonyl (C=O) groups is 2. The van der Waals surface area contributed by atoms with Crippen molar-refractivity contribution >= 4 is 23.3 Å². The number of hydrogen-bond donors (Lipinski definition) is 0. The van der Waals surface area contributed by atoms with Crippen molar-refractivity contribution in [2.75, 3.05) is 55.6 Å². The zero-order chi connectivity index (χ0) is 20.4. The Bertz CT molecular complexity index is 891. The number of amides is 3. The van der Waals surface area contributed by atoms with Crippen LogP contribution in [0.1, 0.15) is 11.1 Å². The van der Waals surface area contributed by atoms with E-state index in [9.17, 15) is 9.59 Å². The van der Waals surface area contributed by atoms with Gasteiger partial charge in [0.1, 0.15) is 6.54 Å². The fourth-order valence-corrected chi connectivity index (χ4v) is 4.10. The normalized spacial score (nSPS) is 17.2. The summed E-state index contributed by atoms with van der Waals surface area (Å²) in [5, 5.41) is 0. The Morgan fingerprint density at radius 2 is 1.62 bits per heavy atom. The predicted octanol–water partition coefficient (Wildman–Crippen LogP) is 2.89. The van der Waals surface area contributed by atoms with E-state index in [0.29, 0.717) is 26.2 Å². The maximum absolute atomic E-state index is 12.8. The Labute approximate surface area is 172 Å². The van der Waals surface area contributed by atoms with E-state index < -0.39 is 0 Å². The molecule has 2 aromatic rings. The second kappa shape index (κ2) is 8.15. The van der Waals surface area contributed by atoms with E-state index in [0.717, 1.165) is 18.8 Å². The lowest BCUT2D eigenvalue weighted by atomic mass is 10.1. The SMILES string of the molecule is Cc1ccc(C)c(N2CCN(C(=O)CN3CCN(c4ccccc4)C3=O)CC2)c1. The minimum absolute atomic E-state index is 0.0360. The number of piperazine rings is 1. The molecule has 152 valence electrons. The predicted molar refractivity (Wildman–Crippen MR) is 115 cm³/mol. The molecule has 0 aliphatic carbocycles. The number of nitrogens with zero attached hydrogens (tertiary/aromatic N) is 4. The van der Waals surface area contributed by atoms with Gasteiger partial charge < -0.3 is 14.7 Å². The number of anilines is 2. The van der Waals surface area contributed by atoms with E-state index in [4.69, 9.17) is 0 Å². The van der Waals surface area contributed by atoms with E-state index in [-0.39, 0.29) is 18.5 Å². The van der Waals surface area contributed by atoms with Gasteiger partial charge in [-0.25, -0.2) is 4.79 Å². The minimum Gasteiger partial charge on any atom is -0.368 e. The van der Waals surface area contributed by atoms with Crippen LogP contribution in [0.2, 0.25) is 0 Å². The lowest BCUT2D eigenvalue weighted by molar-refractivity contribution is -0.131. The molecule has 0 radical (unpaired) electrons. The van der Waals surface area contributed by atoms with Gasteiger partial charge in [-0.05, 0) is 43.2 Å². The van der Waals surface area contributed by atoms with E-state index in [1.165, 1.54) is 16.8 Å². The Morgan fingerprint density at radius 3 is 2.34 bits per heavy atom. The standard InChI is InChI=1S/C23H28N4O2/c1-18-8-9-19(2)21(16-18)24-10-12-25(13-11-24)22(28)17-26-14-15-27(23(26)29)20-6-4-3-5-7-20/h3-9,16H,10-15,17H2,1-2H3. The van der Waals surface area contributed by atoms with Crippen LogP contribution in [0.3, 0.4) is 0 Å². The molecule has 2 aliphatic heterocycles. The van der Waals surface area contributed by atoms with Gasteiger partial charge in [-0.3, -0.25) is 9.69 Å². The van der Waals surface area contributed by atoms with Gasteiger partial charge in [0.05, 0.1) is 0 Å². The summed E-state index contributed by atoms with van der Waals surface area (Å²) in [4.78, 5) is 33.1. The topological polar surface area (TPSA) is 47.1 Å². The zero-order valence-electron chi connectivity index (χ0n) is 17.2. The van der Waals surface area contributed by atoms with Crippen LogP contribution in [-0.2, 0) is 4.79 Å². The molecule has 0 N–H and O–H groups in total. The van der Waals surface area contributed by atoms with Crippen LogP contribution in [-0.4, -0.2) is 67.6 Å². The molecule has 0 spiro atoms. The van der Waals surface area contributed by atoms with E-state index in [2.05, 4.69) is 36.9 Å². The fraction of sp³-hybridized carbons (Fsp3) is 0.391. The van der Waals surface area contributed by atoms with E-state index >= 15 is 0 Å². The molecular weight excluding hydrogens is 364 g/mol. The molecule has 4 rings (SSSR count). The highest BCUT2D eigenvalue weighted by molar-refractivity contribution is 5.96. The zero-order valence-corrected chi connectivity index (χ0v) is 17.2. The highest BCUT2D eigenvalue weighted by Gasteiger charge is 2.32. The van der Waals surface area contributed by atoms with Crippen LogP contribution >= 0.6 is 0 Å². The third-order valence-electron chi connectivity index (χ3n) is 5.83. The Kier molecular flexibility index (Phi) is 5.43. The Morgan fingerprint density at radius 1 is 0.897 bits per heavy atom. The first-order valence-electron chi connectivity index (χ1n) is 10.2. The number of para-hydroxylation sites is 1. The average Bonchev–Trinajstić information content (AvgIpc) is 3.10.